The lowest BCUT2D eigenvalue weighted by atomic mass is 10.1. The molecule has 6 nitrogen and oxygen atoms in total. The van der Waals surface area contributed by atoms with E-state index in [-0.39, 0.29) is 5.91 Å². The minimum Gasteiger partial charge on any atom is -0.497 e. The minimum absolute atomic E-state index is 0.0412. The molecule has 0 bridgehead atoms. The molecule has 0 aliphatic rings. The van der Waals surface area contributed by atoms with Gasteiger partial charge >= 0.3 is 0 Å². The van der Waals surface area contributed by atoms with E-state index in [9.17, 15) is 4.79 Å². The van der Waals surface area contributed by atoms with Crippen molar-refractivity contribution in [3.05, 3.63) is 65.4 Å². The van der Waals surface area contributed by atoms with Gasteiger partial charge in [-0.1, -0.05) is 32.9 Å². The third-order valence-electron chi connectivity index (χ3n) is 5.19. The van der Waals surface area contributed by atoms with Crippen LogP contribution in [0.5, 0.6) is 17.4 Å². The molecule has 0 aliphatic heterocycles. The Kier molecular flexibility index (Phi) is 7.92. The molecule has 0 unspecified atom stereocenters. The van der Waals surface area contributed by atoms with E-state index >= 15 is 0 Å². The molecule has 170 valence electrons. The highest BCUT2D eigenvalue weighted by Crippen LogP contribution is 2.33. The molecule has 0 atom stereocenters. The van der Waals surface area contributed by atoms with Crippen LogP contribution in [-0.2, 0) is 17.6 Å². The highest BCUT2D eigenvalue weighted by atomic mass is 16.5. The van der Waals surface area contributed by atoms with Gasteiger partial charge in [0.2, 0.25) is 11.8 Å². The normalized spacial score (nSPS) is 10.9. The maximum atomic E-state index is 12.4. The minimum atomic E-state index is 0.0412. The first kappa shape index (κ1) is 23.4. The summed E-state index contributed by atoms with van der Waals surface area (Å²) in [7, 11) is 1.65. The Morgan fingerprint density at radius 1 is 1.12 bits per heavy atom. The van der Waals surface area contributed by atoms with E-state index in [2.05, 4.69) is 26.1 Å². The molecule has 2 aromatic carbocycles. The molecule has 1 heterocycles. The van der Waals surface area contributed by atoms with Gasteiger partial charge in [-0.15, -0.1) is 0 Å². The summed E-state index contributed by atoms with van der Waals surface area (Å²) in [6, 6.07) is 15.6. The molecule has 0 radical (unpaired) electrons. The molecule has 3 rings (SSSR count). The molecule has 1 aromatic heterocycles. The number of carbonyl (C=O) groups excluding carboxylic acids is 1. The fraction of sp³-hybridized carbons (Fsp3) is 0.385. The molecule has 0 saturated carbocycles. The second-order valence-corrected chi connectivity index (χ2v) is 8.31. The standard InChI is InChI=1S/C26H33N3O3/c1-6-24-23(14-15-25(30)27-17-18(2)3)26(32-22-9-7-8-19(4)16-22)29(28-24)20-10-12-21(31-5)13-11-20/h7-13,16,18H,6,14-15,17H2,1-5H3,(H,27,30). The van der Waals surface area contributed by atoms with E-state index in [0.717, 1.165) is 40.4 Å². The lowest BCUT2D eigenvalue weighted by Crippen LogP contribution is -2.27. The number of methoxy groups -OCH3 is 1. The Balaban J connectivity index is 1.97. The highest BCUT2D eigenvalue weighted by Gasteiger charge is 2.21. The van der Waals surface area contributed by atoms with Gasteiger partial charge in [0.1, 0.15) is 11.5 Å². The Bertz CT molecular complexity index is 1040. The molecule has 0 fully saturated rings. The molecule has 3 aromatic rings. The number of amides is 1. The van der Waals surface area contributed by atoms with Gasteiger partial charge in [-0.05, 0) is 67.6 Å². The van der Waals surface area contributed by atoms with Crippen LogP contribution in [0.1, 0.15) is 44.0 Å². The molecule has 1 N–H and O–H groups in total. The lowest BCUT2D eigenvalue weighted by Gasteiger charge is -2.13. The smallest absolute Gasteiger partial charge is 0.226 e. The number of nitrogens with zero attached hydrogens (tertiary/aromatic N) is 2. The van der Waals surface area contributed by atoms with Crippen LogP contribution in [0.25, 0.3) is 5.69 Å². The number of hydrogen-bond acceptors (Lipinski definition) is 4. The zero-order valence-corrected chi connectivity index (χ0v) is 19.6. The van der Waals surface area contributed by atoms with Crippen molar-refractivity contribution in [2.45, 2.75) is 47.0 Å². The van der Waals surface area contributed by atoms with Crippen molar-refractivity contribution in [3.8, 4) is 23.1 Å². The van der Waals surface area contributed by atoms with Crippen molar-refractivity contribution in [1.29, 1.82) is 0 Å². The summed E-state index contributed by atoms with van der Waals surface area (Å²) in [5, 5.41) is 7.84. The number of hydrogen-bond donors (Lipinski definition) is 1. The molecule has 0 saturated heterocycles. The van der Waals surface area contributed by atoms with E-state index in [1.807, 2.05) is 60.1 Å². The number of aryl methyl sites for hydroxylation is 2. The third kappa shape index (κ3) is 5.90. The molecule has 32 heavy (non-hydrogen) atoms. The van der Waals surface area contributed by atoms with E-state index in [1.54, 1.807) is 7.11 Å². The second-order valence-electron chi connectivity index (χ2n) is 8.31. The average Bonchev–Trinajstić information content (AvgIpc) is 3.13. The SMILES string of the molecule is CCc1nn(-c2ccc(OC)cc2)c(Oc2cccc(C)c2)c1CCC(=O)NCC(C)C. The third-order valence-corrected chi connectivity index (χ3v) is 5.19. The van der Waals surface area contributed by atoms with Crippen molar-refractivity contribution in [2.75, 3.05) is 13.7 Å². The Morgan fingerprint density at radius 2 is 1.88 bits per heavy atom. The van der Waals surface area contributed by atoms with Crippen LogP contribution in [0.3, 0.4) is 0 Å². The summed E-state index contributed by atoms with van der Waals surface area (Å²) in [6.07, 6.45) is 1.69. The number of aromatic nitrogens is 2. The van der Waals surface area contributed by atoms with Gasteiger partial charge in [-0.3, -0.25) is 4.79 Å². The van der Waals surface area contributed by atoms with Crippen molar-refractivity contribution < 1.29 is 14.3 Å². The Morgan fingerprint density at radius 3 is 2.50 bits per heavy atom. The van der Waals surface area contributed by atoms with Crippen LogP contribution in [0.4, 0.5) is 0 Å². The van der Waals surface area contributed by atoms with E-state index in [4.69, 9.17) is 14.6 Å². The summed E-state index contributed by atoms with van der Waals surface area (Å²) in [5.41, 5.74) is 3.88. The summed E-state index contributed by atoms with van der Waals surface area (Å²) >= 11 is 0. The molecule has 6 heteroatoms. The van der Waals surface area contributed by atoms with Crippen molar-refractivity contribution in [1.82, 2.24) is 15.1 Å². The van der Waals surface area contributed by atoms with Crippen LogP contribution in [0.2, 0.25) is 0 Å². The predicted octanol–water partition coefficient (Wildman–Crippen LogP) is 5.25. The van der Waals surface area contributed by atoms with Crippen molar-refractivity contribution >= 4 is 5.91 Å². The molecular weight excluding hydrogens is 402 g/mol. The van der Waals surface area contributed by atoms with Gasteiger partial charge in [0, 0.05) is 18.5 Å². The summed E-state index contributed by atoms with van der Waals surface area (Å²) in [5.74, 6) is 2.63. The van der Waals surface area contributed by atoms with Gasteiger partial charge in [0.25, 0.3) is 0 Å². The van der Waals surface area contributed by atoms with Gasteiger partial charge in [-0.2, -0.15) is 5.10 Å². The quantitative estimate of drug-likeness (QED) is 0.472. The molecule has 0 spiro atoms. The zero-order chi connectivity index (χ0) is 23.1. The van der Waals surface area contributed by atoms with Crippen molar-refractivity contribution in [2.24, 2.45) is 5.92 Å². The summed E-state index contributed by atoms with van der Waals surface area (Å²) in [6.45, 7) is 8.95. The number of nitrogens with one attached hydrogen (secondary N) is 1. The fourth-order valence-corrected chi connectivity index (χ4v) is 3.45. The molecule has 0 aliphatic carbocycles. The number of ether oxygens (including phenoxy) is 2. The number of carbonyl (C=O) groups is 1. The van der Waals surface area contributed by atoms with Gasteiger partial charge in [-0.25, -0.2) is 4.68 Å². The number of rotatable bonds is 10. The maximum Gasteiger partial charge on any atom is 0.226 e. The van der Waals surface area contributed by atoms with Gasteiger partial charge in [0.15, 0.2) is 0 Å². The van der Waals surface area contributed by atoms with Crippen LogP contribution in [0, 0.1) is 12.8 Å². The lowest BCUT2D eigenvalue weighted by molar-refractivity contribution is -0.121. The summed E-state index contributed by atoms with van der Waals surface area (Å²) < 4.78 is 13.5. The first-order valence-corrected chi connectivity index (χ1v) is 11.2. The molecular formula is C26H33N3O3. The van der Waals surface area contributed by atoms with Gasteiger partial charge < -0.3 is 14.8 Å². The van der Waals surface area contributed by atoms with Gasteiger partial charge in [0.05, 0.1) is 18.5 Å². The van der Waals surface area contributed by atoms with E-state index < -0.39 is 0 Å². The summed E-state index contributed by atoms with van der Waals surface area (Å²) in [4.78, 5) is 12.4. The van der Waals surface area contributed by atoms with Crippen LogP contribution in [0.15, 0.2) is 48.5 Å². The van der Waals surface area contributed by atoms with E-state index in [1.165, 1.54) is 0 Å². The van der Waals surface area contributed by atoms with Crippen molar-refractivity contribution in [3.63, 3.8) is 0 Å². The Labute approximate surface area is 190 Å². The monoisotopic (exact) mass is 435 g/mol. The maximum absolute atomic E-state index is 12.4. The fourth-order valence-electron chi connectivity index (χ4n) is 3.45. The predicted molar refractivity (Wildman–Crippen MR) is 127 cm³/mol. The largest absolute Gasteiger partial charge is 0.497 e. The first-order chi connectivity index (χ1) is 15.4. The second kappa shape index (κ2) is 10.8. The molecule has 1 amide bonds. The van der Waals surface area contributed by atoms with Crippen LogP contribution in [-0.4, -0.2) is 29.3 Å². The Hall–Kier alpha value is -3.28. The average molecular weight is 436 g/mol. The zero-order valence-electron chi connectivity index (χ0n) is 19.6. The highest BCUT2D eigenvalue weighted by molar-refractivity contribution is 5.76. The van der Waals surface area contributed by atoms with Crippen LogP contribution >= 0.6 is 0 Å². The van der Waals surface area contributed by atoms with E-state index in [0.29, 0.717) is 31.2 Å². The number of benzene rings is 2. The van der Waals surface area contributed by atoms with Crippen LogP contribution < -0.4 is 14.8 Å². The topological polar surface area (TPSA) is 65.4 Å². The first-order valence-electron chi connectivity index (χ1n) is 11.2.